The number of nitrogen functional groups attached to an aromatic ring is 1. The number of benzene rings is 1. The number of nitrogens with zero attached hydrogens (tertiary/aromatic N) is 2. The molecule has 0 aliphatic carbocycles. The summed E-state index contributed by atoms with van der Waals surface area (Å²) >= 11 is 3.61. The Morgan fingerprint density at radius 3 is 2.84 bits per heavy atom. The van der Waals surface area contributed by atoms with Crippen LogP contribution in [0.15, 0.2) is 22.7 Å². The molecule has 1 aromatic carbocycles. The molecule has 1 saturated heterocycles. The number of halogens is 1. The highest BCUT2D eigenvalue weighted by molar-refractivity contribution is 9.10. The van der Waals surface area contributed by atoms with Gasteiger partial charge in [0.05, 0.1) is 5.69 Å². The smallest absolute Gasteiger partial charge is 0.122 e. The second kappa shape index (κ2) is 5.92. The van der Waals surface area contributed by atoms with E-state index in [1.165, 1.54) is 18.5 Å². The largest absolute Gasteiger partial charge is 0.384 e. The molecule has 1 atom stereocenters. The number of hydrogen-bond acceptors (Lipinski definition) is 3. The van der Waals surface area contributed by atoms with Crippen molar-refractivity contribution in [1.29, 1.82) is 5.41 Å². The Hall–Kier alpha value is -1.07. The third-order valence-electron chi connectivity index (χ3n) is 3.52. The van der Waals surface area contributed by atoms with Crippen LogP contribution < -0.4 is 10.6 Å². The van der Waals surface area contributed by atoms with Crippen molar-refractivity contribution in [2.24, 2.45) is 5.73 Å². The van der Waals surface area contributed by atoms with Crippen molar-refractivity contribution in [3.8, 4) is 0 Å². The Bertz CT molecular complexity index is 473. The lowest BCUT2D eigenvalue weighted by atomic mass is 10.1. The molecule has 1 fully saturated rings. The van der Waals surface area contributed by atoms with Crippen LogP contribution in [0.25, 0.3) is 0 Å². The molecule has 0 amide bonds. The summed E-state index contributed by atoms with van der Waals surface area (Å²) < 4.78 is 1.02. The second-order valence-electron chi connectivity index (χ2n) is 5.33. The van der Waals surface area contributed by atoms with Gasteiger partial charge in [0.1, 0.15) is 5.84 Å². The summed E-state index contributed by atoms with van der Waals surface area (Å²) in [4.78, 5) is 4.69. The van der Waals surface area contributed by atoms with Crippen molar-refractivity contribution >= 4 is 27.5 Å². The van der Waals surface area contributed by atoms with Crippen molar-refractivity contribution < 1.29 is 0 Å². The third-order valence-corrected chi connectivity index (χ3v) is 4.16. The lowest BCUT2D eigenvalue weighted by Crippen LogP contribution is -2.37. The maximum Gasteiger partial charge on any atom is 0.122 e. The quantitative estimate of drug-likeness (QED) is 0.659. The van der Waals surface area contributed by atoms with Gasteiger partial charge in [0.15, 0.2) is 0 Å². The summed E-state index contributed by atoms with van der Waals surface area (Å²) in [6, 6.07) is 6.49. The first-order valence-corrected chi connectivity index (χ1v) is 7.33. The lowest BCUT2D eigenvalue weighted by molar-refractivity contribution is 0.372. The van der Waals surface area contributed by atoms with E-state index in [9.17, 15) is 0 Å². The third kappa shape index (κ3) is 3.28. The SMILES string of the molecule is CN(C)CC1CCCN1c1ccc(C(=N)N)cc1Br. The van der Waals surface area contributed by atoms with E-state index < -0.39 is 0 Å². The van der Waals surface area contributed by atoms with Crippen LogP contribution in [0.2, 0.25) is 0 Å². The van der Waals surface area contributed by atoms with Gasteiger partial charge >= 0.3 is 0 Å². The monoisotopic (exact) mass is 324 g/mol. The van der Waals surface area contributed by atoms with Crippen molar-refractivity contribution in [2.75, 3.05) is 32.1 Å². The topological polar surface area (TPSA) is 56.4 Å². The van der Waals surface area contributed by atoms with E-state index in [-0.39, 0.29) is 5.84 Å². The molecular formula is C14H21BrN4. The molecule has 3 N–H and O–H groups in total. The van der Waals surface area contributed by atoms with Gasteiger partial charge in [0, 0.05) is 29.2 Å². The highest BCUT2D eigenvalue weighted by Gasteiger charge is 2.26. The molecule has 1 heterocycles. The Kier molecular flexibility index (Phi) is 4.47. The first-order valence-electron chi connectivity index (χ1n) is 6.54. The van der Waals surface area contributed by atoms with Crippen LogP contribution in [0.5, 0.6) is 0 Å². The van der Waals surface area contributed by atoms with E-state index >= 15 is 0 Å². The van der Waals surface area contributed by atoms with E-state index in [0.29, 0.717) is 6.04 Å². The van der Waals surface area contributed by atoms with Gasteiger partial charge in [-0.25, -0.2) is 0 Å². The Balaban J connectivity index is 2.23. The van der Waals surface area contributed by atoms with Crippen LogP contribution in [0.1, 0.15) is 18.4 Å². The van der Waals surface area contributed by atoms with Crippen molar-refractivity contribution in [2.45, 2.75) is 18.9 Å². The fourth-order valence-corrected chi connectivity index (χ4v) is 3.28. The van der Waals surface area contributed by atoms with E-state index in [1.807, 2.05) is 12.1 Å². The van der Waals surface area contributed by atoms with Gasteiger partial charge in [-0.3, -0.25) is 5.41 Å². The number of rotatable bonds is 4. The van der Waals surface area contributed by atoms with Gasteiger partial charge in [-0.1, -0.05) is 0 Å². The minimum absolute atomic E-state index is 0.110. The zero-order valence-electron chi connectivity index (χ0n) is 11.5. The molecule has 19 heavy (non-hydrogen) atoms. The molecule has 1 aliphatic rings. The summed E-state index contributed by atoms with van der Waals surface area (Å²) in [6.45, 7) is 2.16. The fraction of sp³-hybridized carbons (Fsp3) is 0.500. The molecular weight excluding hydrogens is 304 g/mol. The molecule has 1 aromatic rings. The number of anilines is 1. The molecule has 0 bridgehead atoms. The molecule has 0 spiro atoms. The van der Waals surface area contributed by atoms with Crippen LogP contribution in [-0.2, 0) is 0 Å². The first kappa shape index (κ1) is 14.3. The van der Waals surface area contributed by atoms with Crippen LogP contribution in [0.4, 0.5) is 5.69 Å². The molecule has 4 nitrogen and oxygen atoms in total. The minimum atomic E-state index is 0.110. The van der Waals surface area contributed by atoms with Gasteiger partial charge in [-0.15, -0.1) is 0 Å². The summed E-state index contributed by atoms with van der Waals surface area (Å²) in [5, 5.41) is 7.48. The maximum absolute atomic E-state index is 7.48. The predicted octanol–water partition coefficient (Wildman–Crippen LogP) is 2.26. The molecule has 1 unspecified atom stereocenters. The number of nitrogens with one attached hydrogen (secondary N) is 1. The zero-order chi connectivity index (χ0) is 14.0. The van der Waals surface area contributed by atoms with Gasteiger partial charge in [0.25, 0.3) is 0 Å². The summed E-state index contributed by atoms with van der Waals surface area (Å²) in [5.41, 5.74) is 7.49. The van der Waals surface area contributed by atoms with Gasteiger partial charge in [0.2, 0.25) is 0 Å². The van der Waals surface area contributed by atoms with Gasteiger partial charge < -0.3 is 15.5 Å². The molecule has 104 valence electrons. The van der Waals surface area contributed by atoms with Crippen molar-refractivity contribution in [3.05, 3.63) is 28.2 Å². The van der Waals surface area contributed by atoms with Crippen LogP contribution >= 0.6 is 15.9 Å². The van der Waals surface area contributed by atoms with Crippen LogP contribution in [-0.4, -0.2) is 44.0 Å². The molecule has 5 heteroatoms. The van der Waals surface area contributed by atoms with Crippen LogP contribution in [0, 0.1) is 5.41 Å². The first-order chi connectivity index (χ1) is 8.99. The number of nitrogens with two attached hydrogens (primary N) is 1. The Morgan fingerprint density at radius 2 is 2.26 bits per heavy atom. The average Bonchev–Trinajstić information content (AvgIpc) is 2.75. The molecule has 0 radical (unpaired) electrons. The second-order valence-corrected chi connectivity index (χ2v) is 6.19. The lowest BCUT2D eigenvalue weighted by Gasteiger charge is -2.30. The number of hydrogen-bond donors (Lipinski definition) is 2. The minimum Gasteiger partial charge on any atom is -0.384 e. The molecule has 1 aliphatic heterocycles. The van der Waals surface area contributed by atoms with Gasteiger partial charge in [-0.05, 0) is 61.1 Å². The number of likely N-dealkylation sites (N-methyl/N-ethyl adjacent to an activating group) is 1. The predicted molar refractivity (Wildman–Crippen MR) is 84.1 cm³/mol. The van der Waals surface area contributed by atoms with E-state index in [0.717, 1.165) is 23.1 Å². The van der Waals surface area contributed by atoms with Crippen LogP contribution in [0.3, 0.4) is 0 Å². The highest BCUT2D eigenvalue weighted by Crippen LogP contribution is 2.33. The highest BCUT2D eigenvalue weighted by atomic mass is 79.9. The summed E-state index contributed by atoms with van der Waals surface area (Å²) in [6.07, 6.45) is 2.47. The zero-order valence-corrected chi connectivity index (χ0v) is 13.1. The van der Waals surface area contributed by atoms with E-state index in [1.54, 1.807) is 0 Å². The fourth-order valence-electron chi connectivity index (χ4n) is 2.67. The maximum atomic E-state index is 7.48. The summed E-state index contributed by atoms with van der Waals surface area (Å²) in [7, 11) is 4.23. The standard InChI is InChI=1S/C14H21BrN4/c1-18(2)9-11-4-3-7-19(11)13-6-5-10(14(16)17)8-12(13)15/h5-6,8,11H,3-4,7,9H2,1-2H3,(H3,16,17). The van der Waals surface area contributed by atoms with E-state index in [2.05, 4.69) is 45.9 Å². The molecule has 0 saturated carbocycles. The average molecular weight is 325 g/mol. The Labute approximate surface area is 123 Å². The van der Waals surface area contributed by atoms with E-state index in [4.69, 9.17) is 11.1 Å². The van der Waals surface area contributed by atoms with Crippen molar-refractivity contribution in [3.63, 3.8) is 0 Å². The normalized spacial score (nSPS) is 19.2. The number of amidine groups is 1. The van der Waals surface area contributed by atoms with Crippen molar-refractivity contribution in [1.82, 2.24) is 4.90 Å². The van der Waals surface area contributed by atoms with Gasteiger partial charge in [-0.2, -0.15) is 0 Å². The summed E-state index contributed by atoms with van der Waals surface area (Å²) in [5.74, 6) is 0.110. The Morgan fingerprint density at radius 1 is 1.53 bits per heavy atom. The molecule has 2 rings (SSSR count). The molecule has 0 aromatic heterocycles.